The van der Waals surface area contributed by atoms with Gasteiger partial charge in [0.15, 0.2) is 0 Å². The molecule has 0 saturated carbocycles. The van der Waals surface area contributed by atoms with Gasteiger partial charge in [0.1, 0.15) is 0 Å². The van der Waals surface area contributed by atoms with Gasteiger partial charge < -0.3 is 26.6 Å². The molecule has 4 aromatic carbocycles. The average molecular weight is 670 g/mol. The van der Waals surface area contributed by atoms with Crippen molar-refractivity contribution in [1.82, 2.24) is 19.8 Å². The molecule has 5 aromatic rings. The molecule has 0 unspecified atom stereocenters. The molecule has 4 atom stereocenters. The van der Waals surface area contributed by atoms with Crippen LogP contribution in [0.1, 0.15) is 37.3 Å². The summed E-state index contributed by atoms with van der Waals surface area (Å²) in [6, 6.07) is 28.6. The SMILES string of the molecule is C=C(C)C[C@@H]1CN(C(=O)[C@H](N)Cc2ccc3ccccc3c2)[C@@H](CCCNc2ncccn2)CN1C(=O)[C@H](N)Cc1ccc2ccccc2c1. The molecular formula is C41H47N7O2. The molecule has 0 radical (unpaired) electrons. The molecule has 6 rings (SSSR count). The normalized spacial score (nSPS) is 17.4. The first-order chi connectivity index (χ1) is 24.2. The van der Waals surface area contributed by atoms with Crippen LogP contribution in [0.4, 0.5) is 5.95 Å². The maximum Gasteiger partial charge on any atom is 0.240 e. The molecule has 0 spiro atoms. The van der Waals surface area contributed by atoms with Crippen molar-refractivity contribution < 1.29 is 9.59 Å². The number of nitrogens with two attached hydrogens (primary N) is 2. The van der Waals surface area contributed by atoms with Gasteiger partial charge in [0.2, 0.25) is 17.8 Å². The number of hydrogen-bond donors (Lipinski definition) is 3. The van der Waals surface area contributed by atoms with E-state index in [4.69, 9.17) is 11.5 Å². The van der Waals surface area contributed by atoms with Crippen LogP contribution in [-0.4, -0.2) is 75.4 Å². The maximum atomic E-state index is 14.2. The van der Waals surface area contributed by atoms with Gasteiger partial charge in [-0.05, 0) is 77.8 Å². The summed E-state index contributed by atoms with van der Waals surface area (Å²) in [4.78, 5) is 40.7. The van der Waals surface area contributed by atoms with Gasteiger partial charge in [0, 0.05) is 38.1 Å². The van der Waals surface area contributed by atoms with Gasteiger partial charge in [-0.3, -0.25) is 9.59 Å². The Bertz CT molecular complexity index is 1950. The first kappa shape index (κ1) is 34.7. The van der Waals surface area contributed by atoms with E-state index in [1.54, 1.807) is 18.5 Å². The van der Waals surface area contributed by atoms with Gasteiger partial charge in [0.25, 0.3) is 0 Å². The highest BCUT2D eigenvalue weighted by Gasteiger charge is 2.40. The number of benzene rings is 4. The molecule has 9 heteroatoms. The zero-order valence-corrected chi connectivity index (χ0v) is 28.7. The van der Waals surface area contributed by atoms with Crippen molar-refractivity contribution >= 4 is 39.3 Å². The zero-order valence-electron chi connectivity index (χ0n) is 28.7. The highest BCUT2D eigenvalue weighted by atomic mass is 16.2. The molecule has 1 fully saturated rings. The second-order valence-electron chi connectivity index (χ2n) is 13.6. The fourth-order valence-electron chi connectivity index (χ4n) is 7.08. The van der Waals surface area contributed by atoms with E-state index in [0.717, 1.165) is 44.7 Å². The Morgan fingerprint density at radius 1 is 0.760 bits per heavy atom. The molecule has 5 N–H and O–H groups in total. The standard InChI is InChI=1S/C41H47N7O2/c1-28(2)21-36-27-47(39(49)37(42)24-29-14-16-31-9-3-5-11-33(31)22-29)35(13-7-18-44-41-45-19-8-20-46-41)26-48(36)40(50)38(43)25-30-15-17-32-10-4-6-12-34(32)23-30/h3-6,8-12,14-17,19-20,22-23,35-38H,1,7,13,18,21,24-27,42-43H2,2H3,(H,44,45,46)/t35-,36+,37+,38+/m0/s1. The Labute approximate surface area is 294 Å². The van der Waals surface area contributed by atoms with Crippen LogP contribution in [0.15, 0.2) is 116 Å². The van der Waals surface area contributed by atoms with E-state index in [1.807, 2.05) is 53.1 Å². The maximum absolute atomic E-state index is 14.2. The predicted molar refractivity (Wildman–Crippen MR) is 201 cm³/mol. The lowest BCUT2D eigenvalue weighted by molar-refractivity contribution is -0.148. The highest BCUT2D eigenvalue weighted by molar-refractivity contribution is 5.87. The van der Waals surface area contributed by atoms with Crippen molar-refractivity contribution in [3.8, 4) is 0 Å². The van der Waals surface area contributed by atoms with Gasteiger partial charge >= 0.3 is 0 Å². The lowest BCUT2D eigenvalue weighted by Gasteiger charge is -2.48. The fourth-order valence-corrected chi connectivity index (χ4v) is 7.08. The Morgan fingerprint density at radius 3 is 1.80 bits per heavy atom. The van der Waals surface area contributed by atoms with Gasteiger partial charge in [0.05, 0.1) is 18.1 Å². The molecule has 50 heavy (non-hydrogen) atoms. The van der Waals surface area contributed by atoms with E-state index < -0.39 is 12.1 Å². The summed E-state index contributed by atoms with van der Waals surface area (Å²) in [6.07, 6.45) is 6.20. The number of fused-ring (bicyclic) bond motifs is 2. The van der Waals surface area contributed by atoms with Gasteiger partial charge in [-0.15, -0.1) is 6.58 Å². The smallest absolute Gasteiger partial charge is 0.240 e. The minimum absolute atomic E-state index is 0.109. The van der Waals surface area contributed by atoms with Crippen molar-refractivity contribution in [3.05, 3.63) is 127 Å². The van der Waals surface area contributed by atoms with Crippen LogP contribution in [0.3, 0.4) is 0 Å². The minimum atomic E-state index is -0.725. The largest absolute Gasteiger partial charge is 0.354 e. The molecule has 1 aromatic heterocycles. The molecule has 2 heterocycles. The van der Waals surface area contributed by atoms with Crippen molar-refractivity contribution in [1.29, 1.82) is 0 Å². The number of anilines is 1. The molecule has 1 saturated heterocycles. The summed E-state index contributed by atoms with van der Waals surface area (Å²) in [5.41, 5.74) is 16.3. The van der Waals surface area contributed by atoms with Gasteiger partial charge in [-0.2, -0.15) is 0 Å². The lowest BCUT2D eigenvalue weighted by atomic mass is 9.94. The Kier molecular flexibility index (Phi) is 11.2. The number of hydrogen-bond acceptors (Lipinski definition) is 7. The number of piperazine rings is 1. The number of nitrogens with zero attached hydrogens (tertiary/aromatic N) is 4. The van der Waals surface area contributed by atoms with Crippen LogP contribution < -0.4 is 16.8 Å². The number of carbonyl (C=O) groups is 2. The first-order valence-corrected chi connectivity index (χ1v) is 17.5. The molecule has 1 aliphatic heterocycles. The highest BCUT2D eigenvalue weighted by Crippen LogP contribution is 2.26. The lowest BCUT2D eigenvalue weighted by Crippen LogP contribution is -2.65. The number of rotatable bonds is 13. The predicted octanol–water partition coefficient (Wildman–Crippen LogP) is 5.49. The monoisotopic (exact) mass is 669 g/mol. The summed E-state index contributed by atoms with van der Waals surface area (Å²) in [5, 5.41) is 7.79. The van der Waals surface area contributed by atoms with E-state index in [2.05, 4.69) is 70.4 Å². The third kappa shape index (κ3) is 8.53. The molecular weight excluding hydrogens is 622 g/mol. The molecule has 0 bridgehead atoms. The summed E-state index contributed by atoms with van der Waals surface area (Å²) in [7, 11) is 0. The minimum Gasteiger partial charge on any atom is -0.354 e. The number of amides is 2. The number of carbonyl (C=O) groups excluding carboxylic acids is 2. The molecule has 258 valence electrons. The molecule has 0 aliphatic carbocycles. The third-order valence-corrected chi connectivity index (χ3v) is 9.58. The van der Waals surface area contributed by atoms with Crippen LogP contribution in [0.2, 0.25) is 0 Å². The van der Waals surface area contributed by atoms with Crippen LogP contribution in [-0.2, 0) is 22.4 Å². The van der Waals surface area contributed by atoms with Crippen LogP contribution >= 0.6 is 0 Å². The Hall–Kier alpha value is -5.12. The van der Waals surface area contributed by atoms with Gasteiger partial charge in [-0.25, -0.2) is 9.97 Å². The Balaban J connectivity index is 1.20. The van der Waals surface area contributed by atoms with Crippen LogP contribution in [0, 0.1) is 0 Å². The second-order valence-corrected chi connectivity index (χ2v) is 13.6. The molecule has 2 amide bonds. The molecule has 9 nitrogen and oxygen atoms in total. The van der Waals surface area contributed by atoms with Crippen molar-refractivity contribution in [3.63, 3.8) is 0 Å². The summed E-state index contributed by atoms with van der Waals surface area (Å²) in [5.74, 6) is 0.332. The van der Waals surface area contributed by atoms with Gasteiger partial charge in [-0.1, -0.05) is 90.5 Å². The third-order valence-electron chi connectivity index (χ3n) is 9.58. The van der Waals surface area contributed by atoms with Crippen molar-refractivity contribution in [2.75, 3.05) is 25.0 Å². The number of aromatic nitrogens is 2. The van der Waals surface area contributed by atoms with Crippen LogP contribution in [0.25, 0.3) is 21.5 Å². The average Bonchev–Trinajstić information content (AvgIpc) is 3.13. The van der Waals surface area contributed by atoms with E-state index in [9.17, 15) is 9.59 Å². The summed E-state index contributed by atoms with van der Waals surface area (Å²) >= 11 is 0. The summed E-state index contributed by atoms with van der Waals surface area (Å²) < 4.78 is 0. The van der Waals surface area contributed by atoms with Crippen LogP contribution in [0.5, 0.6) is 0 Å². The van der Waals surface area contributed by atoms with E-state index >= 15 is 0 Å². The first-order valence-electron chi connectivity index (χ1n) is 17.5. The van der Waals surface area contributed by atoms with E-state index in [1.165, 1.54) is 0 Å². The second kappa shape index (κ2) is 16.1. The van der Waals surface area contributed by atoms with E-state index in [0.29, 0.717) is 51.3 Å². The van der Waals surface area contributed by atoms with Crippen molar-refractivity contribution in [2.24, 2.45) is 11.5 Å². The number of nitrogens with one attached hydrogen (secondary N) is 1. The fraction of sp³-hybridized carbons (Fsp3) is 0.317. The quantitative estimate of drug-likeness (QED) is 0.112. The van der Waals surface area contributed by atoms with E-state index in [-0.39, 0.29) is 23.9 Å². The Morgan fingerprint density at radius 2 is 1.26 bits per heavy atom. The topological polar surface area (TPSA) is 130 Å². The summed E-state index contributed by atoms with van der Waals surface area (Å²) in [6.45, 7) is 7.48. The molecule has 1 aliphatic rings. The zero-order chi connectivity index (χ0) is 35.0. The van der Waals surface area contributed by atoms with Crippen molar-refractivity contribution in [2.45, 2.75) is 63.2 Å².